The molecule has 5 nitrogen and oxygen atoms in total. The van der Waals surface area contributed by atoms with E-state index < -0.39 is 10.2 Å². The molecule has 3 N–H and O–H groups in total. The van der Waals surface area contributed by atoms with Gasteiger partial charge in [0.25, 0.3) is 10.2 Å². The predicted molar refractivity (Wildman–Crippen MR) is 70.2 cm³/mol. The van der Waals surface area contributed by atoms with Crippen LogP contribution in [0, 0.1) is 11.8 Å². The van der Waals surface area contributed by atoms with Gasteiger partial charge in [0.15, 0.2) is 0 Å². The van der Waals surface area contributed by atoms with Gasteiger partial charge in [-0.25, -0.2) is 0 Å². The van der Waals surface area contributed by atoms with Crippen molar-refractivity contribution in [1.29, 1.82) is 0 Å². The maximum absolute atomic E-state index is 12.0. The highest BCUT2D eigenvalue weighted by Gasteiger charge is 2.35. The van der Waals surface area contributed by atoms with Crippen LogP contribution in [0.3, 0.4) is 0 Å². The van der Waals surface area contributed by atoms with Crippen LogP contribution in [0.1, 0.15) is 25.7 Å². The van der Waals surface area contributed by atoms with E-state index in [9.17, 15) is 8.42 Å². The zero-order valence-corrected chi connectivity index (χ0v) is 11.8. The fraction of sp³-hybridized carbons (Fsp3) is 1.00. The van der Waals surface area contributed by atoms with E-state index in [0.29, 0.717) is 24.9 Å². The SMILES string of the molecule is CN(CC1CC1)S(=O)(=O)NC(CN)C1CC1.Cl. The van der Waals surface area contributed by atoms with Gasteiger partial charge in [0.05, 0.1) is 0 Å². The Labute approximate surface area is 110 Å². The van der Waals surface area contributed by atoms with E-state index in [1.54, 1.807) is 7.05 Å². The molecule has 17 heavy (non-hydrogen) atoms. The molecule has 0 saturated heterocycles. The number of rotatable bonds is 7. The molecular formula is C10H22ClN3O2S. The molecule has 2 rings (SSSR count). The van der Waals surface area contributed by atoms with Crippen LogP contribution in [0.25, 0.3) is 0 Å². The molecule has 0 heterocycles. The van der Waals surface area contributed by atoms with Crippen LogP contribution >= 0.6 is 12.4 Å². The lowest BCUT2D eigenvalue weighted by Crippen LogP contribution is -2.48. The summed E-state index contributed by atoms with van der Waals surface area (Å²) >= 11 is 0. The smallest absolute Gasteiger partial charge is 0.279 e. The summed E-state index contributed by atoms with van der Waals surface area (Å²) in [5.41, 5.74) is 5.59. The third-order valence-corrected chi connectivity index (χ3v) is 4.94. The molecule has 0 aromatic heterocycles. The van der Waals surface area contributed by atoms with E-state index in [4.69, 9.17) is 5.73 Å². The summed E-state index contributed by atoms with van der Waals surface area (Å²) < 4.78 is 28.0. The van der Waals surface area contributed by atoms with Gasteiger partial charge in [0.1, 0.15) is 0 Å². The molecule has 0 spiro atoms. The maximum atomic E-state index is 12.0. The molecule has 0 aromatic carbocycles. The monoisotopic (exact) mass is 283 g/mol. The Balaban J connectivity index is 0.00000144. The minimum absolute atomic E-state index is 0. The minimum Gasteiger partial charge on any atom is -0.329 e. The van der Waals surface area contributed by atoms with Crippen molar-refractivity contribution in [1.82, 2.24) is 9.03 Å². The third kappa shape index (κ3) is 4.37. The summed E-state index contributed by atoms with van der Waals surface area (Å²) in [5.74, 6) is 1.02. The predicted octanol–water partition coefficient (Wildman–Crippen LogP) is 0.322. The van der Waals surface area contributed by atoms with Crippen LogP contribution in [0.2, 0.25) is 0 Å². The number of halogens is 1. The second-order valence-electron chi connectivity index (χ2n) is 5.03. The molecule has 0 aromatic rings. The number of nitrogens with zero attached hydrogens (tertiary/aromatic N) is 1. The summed E-state index contributed by atoms with van der Waals surface area (Å²) in [5, 5.41) is 0. The summed E-state index contributed by atoms with van der Waals surface area (Å²) in [6, 6.07) is -0.0772. The highest BCUT2D eigenvalue weighted by Crippen LogP contribution is 2.33. The highest BCUT2D eigenvalue weighted by atomic mass is 35.5. The van der Waals surface area contributed by atoms with Gasteiger partial charge < -0.3 is 5.73 Å². The minimum atomic E-state index is -3.33. The molecule has 1 atom stereocenters. The van der Waals surface area contributed by atoms with Crippen molar-refractivity contribution < 1.29 is 8.42 Å². The zero-order valence-electron chi connectivity index (χ0n) is 10.1. The Hall–Kier alpha value is 0.120. The molecular weight excluding hydrogens is 262 g/mol. The first-order chi connectivity index (χ1) is 7.53. The second-order valence-corrected chi connectivity index (χ2v) is 6.84. The molecule has 7 heteroatoms. The van der Waals surface area contributed by atoms with Crippen molar-refractivity contribution in [3.8, 4) is 0 Å². The van der Waals surface area contributed by atoms with Gasteiger partial charge in [0.2, 0.25) is 0 Å². The second kappa shape index (κ2) is 5.84. The summed E-state index contributed by atoms with van der Waals surface area (Å²) in [6.45, 7) is 1.03. The average molecular weight is 284 g/mol. The first-order valence-corrected chi connectivity index (χ1v) is 7.40. The normalized spacial score (nSPS) is 22.3. The van der Waals surface area contributed by atoms with Gasteiger partial charge in [-0.15, -0.1) is 12.4 Å². The quantitative estimate of drug-likeness (QED) is 0.707. The molecule has 1 unspecified atom stereocenters. The van der Waals surface area contributed by atoms with E-state index in [1.165, 1.54) is 4.31 Å². The Morgan fingerprint density at radius 3 is 2.35 bits per heavy atom. The topological polar surface area (TPSA) is 75.4 Å². The molecule has 2 aliphatic carbocycles. The van der Waals surface area contributed by atoms with Crippen molar-refractivity contribution in [3.05, 3.63) is 0 Å². The number of nitrogens with two attached hydrogens (primary N) is 1. The first kappa shape index (κ1) is 15.2. The summed E-state index contributed by atoms with van der Waals surface area (Å²) in [7, 11) is -1.69. The highest BCUT2D eigenvalue weighted by molar-refractivity contribution is 7.87. The molecule has 2 aliphatic rings. The molecule has 2 fully saturated rings. The average Bonchev–Trinajstić information content (AvgIpc) is 3.05. The number of hydrogen-bond acceptors (Lipinski definition) is 3. The Morgan fingerprint density at radius 2 is 1.94 bits per heavy atom. The van der Waals surface area contributed by atoms with Crippen LogP contribution in [-0.2, 0) is 10.2 Å². The Kier molecular flexibility index (Phi) is 5.21. The lowest BCUT2D eigenvalue weighted by molar-refractivity contribution is 0.425. The van der Waals surface area contributed by atoms with Crippen molar-refractivity contribution in [2.75, 3.05) is 20.1 Å². The standard InChI is InChI=1S/C10H21N3O2S.ClH/c1-13(7-8-2-3-8)16(14,15)12-10(6-11)9-4-5-9;/h8-10,12H,2-7,11H2,1H3;1H. The van der Waals surface area contributed by atoms with Gasteiger partial charge in [-0.2, -0.15) is 17.4 Å². The Morgan fingerprint density at radius 1 is 1.35 bits per heavy atom. The molecule has 102 valence electrons. The van der Waals surface area contributed by atoms with E-state index in [1.807, 2.05) is 0 Å². The van der Waals surface area contributed by atoms with E-state index in [0.717, 1.165) is 25.7 Å². The van der Waals surface area contributed by atoms with Gasteiger partial charge in [0, 0.05) is 26.2 Å². The van der Waals surface area contributed by atoms with Crippen LogP contribution in [-0.4, -0.2) is 38.9 Å². The molecule has 2 saturated carbocycles. The van der Waals surface area contributed by atoms with Crippen molar-refractivity contribution in [2.24, 2.45) is 17.6 Å². The van der Waals surface area contributed by atoms with Gasteiger partial charge in [-0.05, 0) is 37.5 Å². The van der Waals surface area contributed by atoms with E-state index in [2.05, 4.69) is 4.72 Å². The fourth-order valence-corrected chi connectivity index (χ4v) is 3.14. The van der Waals surface area contributed by atoms with Crippen molar-refractivity contribution in [2.45, 2.75) is 31.7 Å². The van der Waals surface area contributed by atoms with Gasteiger partial charge in [-0.3, -0.25) is 0 Å². The molecule has 0 bridgehead atoms. The molecule has 0 aliphatic heterocycles. The van der Waals surface area contributed by atoms with E-state index >= 15 is 0 Å². The van der Waals surface area contributed by atoms with Gasteiger partial charge in [-0.1, -0.05) is 0 Å². The third-order valence-electron chi connectivity index (χ3n) is 3.37. The number of hydrogen-bond donors (Lipinski definition) is 2. The van der Waals surface area contributed by atoms with Gasteiger partial charge >= 0.3 is 0 Å². The molecule has 0 radical (unpaired) electrons. The maximum Gasteiger partial charge on any atom is 0.279 e. The van der Waals surface area contributed by atoms with Crippen LogP contribution in [0.15, 0.2) is 0 Å². The van der Waals surface area contributed by atoms with E-state index in [-0.39, 0.29) is 18.4 Å². The number of nitrogens with one attached hydrogen (secondary N) is 1. The summed E-state index contributed by atoms with van der Waals surface area (Å²) in [4.78, 5) is 0. The Bertz CT molecular complexity index is 341. The largest absolute Gasteiger partial charge is 0.329 e. The first-order valence-electron chi connectivity index (χ1n) is 5.96. The summed E-state index contributed by atoms with van der Waals surface area (Å²) in [6.07, 6.45) is 4.50. The lowest BCUT2D eigenvalue weighted by atomic mass is 10.2. The fourth-order valence-electron chi connectivity index (χ4n) is 1.88. The zero-order chi connectivity index (χ0) is 11.8. The van der Waals surface area contributed by atoms with Crippen molar-refractivity contribution >= 4 is 22.6 Å². The van der Waals surface area contributed by atoms with Crippen molar-refractivity contribution in [3.63, 3.8) is 0 Å². The molecule has 0 amide bonds. The lowest BCUT2D eigenvalue weighted by Gasteiger charge is -2.22. The van der Waals surface area contributed by atoms with Crippen LogP contribution < -0.4 is 10.5 Å². The van der Waals surface area contributed by atoms with Crippen LogP contribution in [0.5, 0.6) is 0 Å². The van der Waals surface area contributed by atoms with Crippen LogP contribution in [0.4, 0.5) is 0 Å².